The Kier molecular flexibility index (Phi) is 4.45. The zero-order valence-corrected chi connectivity index (χ0v) is 9.73. The molecular weight excluding hydrogens is 200 g/mol. The molecule has 0 aliphatic carbocycles. The highest BCUT2D eigenvalue weighted by molar-refractivity contribution is 5.66. The van der Waals surface area contributed by atoms with Gasteiger partial charge in [0.25, 0.3) is 0 Å². The Morgan fingerprint density at radius 2 is 2.19 bits per heavy atom. The van der Waals surface area contributed by atoms with Crippen LogP contribution in [-0.2, 0) is 4.74 Å². The van der Waals surface area contributed by atoms with Crippen LogP contribution in [0.4, 0.5) is 0 Å². The predicted molar refractivity (Wildman–Crippen MR) is 68.7 cm³/mol. The van der Waals surface area contributed by atoms with Crippen molar-refractivity contribution in [1.29, 1.82) is 0 Å². The van der Waals surface area contributed by atoms with Crippen molar-refractivity contribution in [3.8, 4) is 0 Å². The summed E-state index contributed by atoms with van der Waals surface area (Å²) in [6, 6.07) is 0. The molecule has 0 unspecified atom stereocenters. The average molecular weight is 216 g/mol. The van der Waals surface area contributed by atoms with E-state index in [1.165, 1.54) is 6.34 Å². The zero-order valence-electron chi connectivity index (χ0n) is 9.73. The van der Waals surface area contributed by atoms with E-state index in [9.17, 15) is 0 Å². The Morgan fingerprint density at radius 3 is 2.75 bits per heavy atom. The molecule has 0 radical (unpaired) electrons. The van der Waals surface area contributed by atoms with Crippen molar-refractivity contribution >= 4 is 13.1 Å². The van der Waals surface area contributed by atoms with Gasteiger partial charge in [-0.1, -0.05) is 24.8 Å². The Balaban J connectivity index is 3.25. The van der Waals surface area contributed by atoms with Crippen molar-refractivity contribution in [2.45, 2.75) is 13.8 Å². The maximum absolute atomic E-state index is 5.53. The first-order valence-electron chi connectivity index (χ1n) is 5.05. The lowest BCUT2D eigenvalue weighted by Gasteiger charge is -2.21. The van der Waals surface area contributed by atoms with Gasteiger partial charge in [-0.15, -0.1) is 0 Å². The molecule has 0 spiro atoms. The topological polar surface area (TPSA) is 34.0 Å². The summed E-state index contributed by atoms with van der Waals surface area (Å²) in [6.45, 7) is 11.5. The van der Waals surface area contributed by atoms with Crippen molar-refractivity contribution in [3.05, 3.63) is 47.4 Å². The maximum Gasteiger partial charge on any atom is 0.120 e. The van der Waals surface area contributed by atoms with Crippen LogP contribution in [0.25, 0.3) is 0 Å². The second-order valence-electron chi connectivity index (χ2n) is 3.25. The molecule has 1 rings (SSSR count). The van der Waals surface area contributed by atoms with Crippen molar-refractivity contribution in [1.82, 2.24) is 0 Å². The van der Waals surface area contributed by atoms with Gasteiger partial charge in [-0.05, 0) is 26.1 Å². The fraction of sp³-hybridized carbons (Fsp3) is 0.231. The van der Waals surface area contributed by atoms with Gasteiger partial charge in [-0.25, -0.2) is 4.99 Å². The predicted octanol–water partition coefficient (Wildman–Crippen LogP) is 3.04. The van der Waals surface area contributed by atoms with Crippen LogP contribution >= 0.6 is 0 Å². The van der Waals surface area contributed by atoms with Crippen molar-refractivity contribution in [3.63, 3.8) is 0 Å². The van der Waals surface area contributed by atoms with Crippen LogP contribution in [0.1, 0.15) is 13.8 Å². The summed E-state index contributed by atoms with van der Waals surface area (Å²) in [4.78, 5) is 7.83. The summed E-state index contributed by atoms with van der Waals surface area (Å²) in [5.41, 5.74) is 2.91. The smallest absolute Gasteiger partial charge is 0.120 e. The molecular formula is C13H16N2O. The fourth-order valence-electron chi connectivity index (χ4n) is 1.48. The second kappa shape index (κ2) is 5.85. The highest BCUT2D eigenvalue weighted by atomic mass is 16.5. The van der Waals surface area contributed by atoms with Gasteiger partial charge in [0.1, 0.15) is 24.4 Å². The van der Waals surface area contributed by atoms with Crippen LogP contribution in [0.15, 0.2) is 57.4 Å². The summed E-state index contributed by atoms with van der Waals surface area (Å²) in [7, 11) is 0. The quantitative estimate of drug-likeness (QED) is 0.527. The molecule has 0 aromatic heterocycles. The molecule has 0 bridgehead atoms. The number of hydrogen-bond acceptors (Lipinski definition) is 2. The number of hydrogen-bond donors (Lipinski definition) is 0. The minimum Gasteiger partial charge on any atom is -0.491 e. The Labute approximate surface area is 96.3 Å². The summed E-state index contributed by atoms with van der Waals surface area (Å²) in [5, 5.41) is 0. The van der Waals surface area contributed by atoms with Crippen LogP contribution < -0.4 is 0 Å². The molecule has 0 aromatic carbocycles. The molecule has 3 nitrogen and oxygen atoms in total. The largest absolute Gasteiger partial charge is 0.491 e. The third-order valence-corrected chi connectivity index (χ3v) is 2.28. The van der Waals surface area contributed by atoms with Crippen LogP contribution in [0.3, 0.4) is 0 Å². The number of aliphatic imine (C=N–C) groups is 2. The van der Waals surface area contributed by atoms with E-state index in [1.54, 1.807) is 6.08 Å². The molecule has 1 aliphatic rings. The summed E-state index contributed by atoms with van der Waals surface area (Å²) >= 11 is 0. The van der Waals surface area contributed by atoms with Crippen molar-refractivity contribution in [2.24, 2.45) is 9.98 Å². The van der Waals surface area contributed by atoms with E-state index in [1.807, 2.05) is 26.0 Å². The van der Waals surface area contributed by atoms with Crippen molar-refractivity contribution in [2.75, 3.05) is 6.61 Å². The van der Waals surface area contributed by atoms with Gasteiger partial charge >= 0.3 is 0 Å². The molecule has 0 aromatic rings. The standard InChI is InChI=1S/C13H16N2O/c1-5-7-12-11(6-2)8-16-10(3)13(12)15-9-14-4/h5-7,9H,1,4,8H2,2-3H3/b11-6-,12-7+,15-9-. The van der Waals surface area contributed by atoms with Gasteiger partial charge in [0, 0.05) is 5.57 Å². The lowest BCUT2D eigenvalue weighted by atomic mass is 10.00. The first-order chi connectivity index (χ1) is 7.74. The molecule has 3 heteroatoms. The molecule has 0 atom stereocenters. The lowest BCUT2D eigenvalue weighted by Crippen LogP contribution is -2.10. The highest BCUT2D eigenvalue weighted by Gasteiger charge is 2.18. The number of nitrogens with zero attached hydrogens (tertiary/aromatic N) is 2. The van der Waals surface area contributed by atoms with Gasteiger partial charge in [0.15, 0.2) is 0 Å². The summed E-state index contributed by atoms with van der Waals surface area (Å²) in [6.07, 6.45) is 7.10. The molecule has 0 saturated carbocycles. The van der Waals surface area contributed by atoms with Crippen LogP contribution in [0.5, 0.6) is 0 Å². The highest BCUT2D eigenvalue weighted by Crippen LogP contribution is 2.29. The molecule has 0 amide bonds. The normalized spacial score (nSPS) is 21.6. The molecule has 0 N–H and O–H groups in total. The monoisotopic (exact) mass is 216 g/mol. The minimum absolute atomic E-state index is 0.572. The Hall–Kier alpha value is -1.90. The minimum atomic E-state index is 0.572. The van der Waals surface area contributed by atoms with Crippen LogP contribution in [0, 0.1) is 0 Å². The van der Waals surface area contributed by atoms with Gasteiger partial charge < -0.3 is 4.74 Å². The van der Waals surface area contributed by atoms with Gasteiger partial charge in [0.05, 0.1) is 0 Å². The van der Waals surface area contributed by atoms with Crippen molar-refractivity contribution < 1.29 is 4.74 Å². The van der Waals surface area contributed by atoms with Gasteiger partial charge in [-0.2, -0.15) is 0 Å². The number of rotatable bonds is 3. The number of ether oxygens (including phenoxy) is 1. The summed E-state index contributed by atoms with van der Waals surface area (Å²) < 4.78 is 5.53. The summed E-state index contributed by atoms with van der Waals surface area (Å²) in [5.74, 6) is 0.790. The first-order valence-corrected chi connectivity index (χ1v) is 5.05. The van der Waals surface area contributed by atoms with E-state index < -0.39 is 0 Å². The van der Waals surface area contributed by atoms with Crippen LogP contribution in [-0.4, -0.2) is 19.7 Å². The fourth-order valence-corrected chi connectivity index (χ4v) is 1.48. The molecule has 0 fully saturated rings. The zero-order chi connectivity index (χ0) is 12.0. The van der Waals surface area contributed by atoms with E-state index in [0.717, 1.165) is 22.6 Å². The van der Waals surface area contributed by atoms with E-state index in [-0.39, 0.29) is 0 Å². The first kappa shape index (κ1) is 12.2. The van der Waals surface area contributed by atoms with E-state index >= 15 is 0 Å². The molecule has 1 aliphatic heterocycles. The molecule has 84 valence electrons. The molecule has 1 heterocycles. The Morgan fingerprint density at radius 1 is 1.44 bits per heavy atom. The lowest BCUT2D eigenvalue weighted by molar-refractivity contribution is 0.231. The average Bonchev–Trinajstić information content (AvgIpc) is 2.29. The third-order valence-electron chi connectivity index (χ3n) is 2.28. The molecule has 0 saturated heterocycles. The van der Waals surface area contributed by atoms with E-state index in [4.69, 9.17) is 4.74 Å². The Bertz CT molecular complexity index is 412. The SMILES string of the molecule is C=C/C=C1/C(/N=C\N=C)=C(C)OC/C1=C/C. The van der Waals surface area contributed by atoms with Gasteiger partial charge in [-0.3, -0.25) is 4.99 Å². The number of allylic oxidation sites excluding steroid dienone is 5. The van der Waals surface area contributed by atoms with E-state index in [2.05, 4.69) is 23.3 Å². The van der Waals surface area contributed by atoms with Crippen LogP contribution in [0.2, 0.25) is 0 Å². The second-order valence-corrected chi connectivity index (χ2v) is 3.25. The maximum atomic E-state index is 5.53. The van der Waals surface area contributed by atoms with Gasteiger partial charge in [0.2, 0.25) is 0 Å². The van der Waals surface area contributed by atoms with E-state index in [0.29, 0.717) is 6.61 Å². The molecule has 16 heavy (non-hydrogen) atoms. The third kappa shape index (κ3) is 2.57.